The lowest BCUT2D eigenvalue weighted by Gasteiger charge is -2.63. The average Bonchev–Trinajstić information content (AvgIpc) is 3.70. The molecule has 0 unspecified atom stereocenters. The van der Waals surface area contributed by atoms with Crippen molar-refractivity contribution in [3.8, 4) is 11.8 Å². The van der Waals surface area contributed by atoms with Crippen molar-refractivity contribution in [3.63, 3.8) is 0 Å². The number of nitriles is 1. The zero-order chi connectivity index (χ0) is 38.8. The van der Waals surface area contributed by atoms with Gasteiger partial charge in [-0.15, -0.1) is 0 Å². The van der Waals surface area contributed by atoms with Crippen LogP contribution in [0.25, 0.3) is 0 Å². The molecule has 5 aliphatic rings. The summed E-state index contributed by atoms with van der Waals surface area (Å²) in [5.74, 6) is 0.458. The van der Waals surface area contributed by atoms with Crippen LogP contribution >= 0.6 is 0 Å². The van der Waals surface area contributed by atoms with Gasteiger partial charge in [-0.25, -0.2) is 0 Å². The first-order valence-corrected chi connectivity index (χ1v) is 19.6. The summed E-state index contributed by atoms with van der Waals surface area (Å²) < 4.78 is 6.47. The molecule has 1 saturated carbocycles. The van der Waals surface area contributed by atoms with Gasteiger partial charge in [-0.1, -0.05) is 33.8 Å². The number of fused-ring (bicyclic) bond motifs is 2. The molecule has 4 aliphatic heterocycles. The van der Waals surface area contributed by atoms with Crippen LogP contribution in [0.3, 0.4) is 0 Å². The number of anilines is 1. The first kappa shape index (κ1) is 36.8. The van der Waals surface area contributed by atoms with Crippen LogP contribution in [-0.4, -0.2) is 71.3 Å². The van der Waals surface area contributed by atoms with E-state index in [0.29, 0.717) is 35.6 Å². The molecule has 55 heavy (non-hydrogen) atoms. The predicted octanol–water partition coefficient (Wildman–Crippen LogP) is 5.47. The smallest absolute Gasteiger partial charge is 0.255 e. The van der Waals surface area contributed by atoms with Crippen LogP contribution in [0.1, 0.15) is 102 Å². The molecule has 2 saturated heterocycles. The SMILES string of the molecule is Cc1cc(OC2C(C)(C)C(NC(=O)c3ccc(N4CCC(CN5Cc6cc7c(cc6C5)C(=O)N([C@@H]5CCC(=O)NC5=O)C7)CC4)cc3)C2(C)C)ccc1C#N. The Bertz CT molecular complexity index is 2100. The fourth-order valence-corrected chi connectivity index (χ4v) is 10.2. The van der Waals surface area contributed by atoms with Crippen LogP contribution in [-0.2, 0) is 29.2 Å². The van der Waals surface area contributed by atoms with E-state index in [1.165, 1.54) is 11.1 Å². The lowest BCUT2D eigenvalue weighted by molar-refractivity contribution is -0.164. The molecule has 4 amide bonds. The second-order valence-corrected chi connectivity index (χ2v) is 17.5. The number of rotatable bonds is 8. The van der Waals surface area contributed by atoms with Gasteiger partial charge < -0.3 is 19.9 Å². The molecule has 286 valence electrons. The monoisotopic (exact) mass is 742 g/mol. The Morgan fingerprint density at radius 1 is 0.909 bits per heavy atom. The number of benzene rings is 3. The van der Waals surface area contributed by atoms with Crippen molar-refractivity contribution in [2.24, 2.45) is 16.7 Å². The molecule has 3 fully saturated rings. The van der Waals surface area contributed by atoms with E-state index in [-0.39, 0.29) is 53.0 Å². The van der Waals surface area contributed by atoms with E-state index in [1.54, 1.807) is 11.0 Å². The third-order valence-electron chi connectivity index (χ3n) is 12.9. The predicted molar refractivity (Wildman–Crippen MR) is 207 cm³/mol. The summed E-state index contributed by atoms with van der Waals surface area (Å²) in [6, 6.07) is 19.2. The molecule has 2 N–H and O–H groups in total. The van der Waals surface area contributed by atoms with E-state index in [2.05, 4.69) is 72.4 Å². The maximum Gasteiger partial charge on any atom is 0.255 e. The van der Waals surface area contributed by atoms with E-state index in [1.807, 2.05) is 37.3 Å². The van der Waals surface area contributed by atoms with Gasteiger partial charge in [-0.05, 0) is 103 Å². The van der Waals surface area contributed by atoms with Crippen LogP contribution in [0.2, 0.25) is 0 Å². The minimum Gasteiger partial charge on any atom is -0.489 e. The summed E-state index contributed by atoms with van der Waals surface area (Å²) >= 11 is 0. The number of amides is 4. The summed E-state index contributed by atoms with van der Waals surface area (Å²) in [6.07, 6.45) is 2.68. The van der Waals surface area contributed by atoms with E-state index >= 15 is 0 Å². The van der Waals surface area contributed by atoms with Crippen LogP contribution in [0.15, 0.2) is 54.6 Å². The molecule has 3 aromatic carbocycles. The molecular weight excluding hydrogens is 693 g/mol. The Morgan fingerprint density at radius 3 is 2.25 bits per heavy atom. The van der Waals surface area contributed by atoms with Gasteiger partial charge in [-0.2, -0.15) is 5.26 Å². The molecule has 1 atom stereocenters. The van der Waals surface area contributed by atoms with E-state index < -0.39 is 6.04 Å². The highest BCUT2D eigenvalue weighted by Crippen LogP contribution is 2.55. The minimum absolute atomic E-state index is 0.0854. The normalized spacial score (nSPS) is 24.4. The Balaban J connectivity index is 0.812. The summed E-state index contributed by atoms with van der Waals surface area (Å²) in [7, 11) is 0. The fourth-order valence-electron chi connectivity index (χ4n) is 10.2. The standard InChI is InChI=1S/C44H50N6O5/c1-26-18-34(11-8-29(26)21-45)55-42-43(2,3)41(44(42,4)5)47-38(52)28-6-9-33(10-7-28)49-16-14-27(15-17-49)22-48-23-30-19-32-25-50(36-12-13-37(51)46-39(36)53)40(54)35(32)20-31(30)24-48/h6-11,18-20,27,36,41-42H,12-17,22-25H2,1-5H3,(H,47,52)(H,46,51,53)/t36-,41?,42?/m1/s1. The van der Waals surface area contributed by atoms with Crippen LogP contribution in [0, 0.1) is 35.0 Å². The van der Waals surface area contributed by atoms with E-state index in [9.17, 15) is 24.4 Å². The molecule has 0 spiro atoms. The second-order valence-electron chi connectivity index (χ2n) is 17.5. The summed E-state index contributed by atoms with van der Waals surface area (Å²) in [5, 5.41) is 15.0. The van der Waals surface area contributed by atoms with Crippen molar-refractivity contribution in [1.82, 2.24) is 20.4 Å². The van der Waals surface area contributed by atoms with E-state index in [0.717, 1.165) is 68.1 Å². The molecule has 8 rings (SSSR count). The molecule has 1 aliphatic carbocycles. The molecule has 11 heteroatoms. The van der Waals surface area contributed by atoms with Crippen molar-refractivity contribution < 1.29 is 23.9 Å². The number of aryl methyl sites for hydroxylation is 1. The Kier molecular flexibility index (Phi) is 9.24. The third kappa shape index (κ3) is 6.64. The fraction of sp³-hybridized carbons (Fsp3) is 0.477. The number of imide groups is 1. The quantitative estimate of drug-likeness (QED) is 0.290. The summed E-state index contributed by atoms with van der Waals surface area (Å²) in [5.41, 5.74) is 6.79. The maximum absolute atomic E-state index is 13.5. The van der Waals surface area contributed by atoms with Gasteiger partial charge in [0, 0.05) is 79.4 Å². The maximum atomic E-state index is 13.5. The molecule has 3 aromatic rings. The largest absolute Gasteiger partial charge is 0.489 e. The molecule has 0 bridgehead atoms. The number of hydrogen-bond acceptors (Lipinski definition) is 8. The van der Waals surface area contributed by atoms with Gasteiger partial charge in [0.15, 0.2) is 0 Å². The number of hydrogen-bond donors (Lipinski definition) is 2. The van der Waals surface area contributed by atoms with Gasteiger partial charge in [0.1, 0.15) is 17.9 Å². The summed E-state index contributed by atoms with van der Waals surface area (Å²) in [6.45, 7) is 15.5. The lowest BCUT2D eigenvalue weighted by atomic mass is 9.49. The van der Waals surface area contributed by atoms with Crippen molar-refractivity contribution >= 4 is 29.3 Å². The summed E-state index contributed by atoms with van der Waals surface area (Å²) in [4.78, 5) is 57.4. The Morgan fingerprint density at radius 2 is 1.60 bits per heavy atom. The topological polar surface area (TPSA) is 135 Å². The molecule has 11 nitrogen and oxygen atoms in total. The third-order valence-corrected chi connectivity index (χ3v) is 12.9. The minimum atomic E-state index is -0.591. The van der Waals surface area contributed by atoms with Gasteiger partial charge in [0.25, 0.3) is 11.8 Å². The molecule has 0 radical (unpaired) electrons. The first-order chi connectivity index (χ1) is 26.2. The number of carbonyl (C=O) groups excluding carboxylic acids is 4. The lowest BCUT2D eigenvalue weighted by Crippen LogP contribution is -2.74. The van der Waals surface area contributed by atoms with Gasteiger partial charge in [-0.3, -0.25) is 29.4 Å². The Hall–Kier alpha value is -5.21. The number of nitrogens with zero attached hydrogens (tertiary/aromatic N) is 4. The van der Waals surface area contributed by atoms with Crippen molar-refractivity contribution in [2.45, 2.75) is 98.1 Å². The molecular formula is C44H50N6O5. The van der Waals surface area contributed by atoms with Gasteiger partial charge in [0.05, 0.1) is 11.6 Å². The second kappa shape index (κ2) is 13.8. The van der Waals surface area contributed by atoms with Crippen LogP contribution in [0.4, 0.5) is 5.69 Å². The molecule has 4 heterocycles. The Labute approximate surface area is 323 Å². The van der Waals surface area contributed by atoms with E-state index in [4.69, 9.17) is 4.74 Å². The number of nitrogens with one attached hydrogen (secondary N) is 2. The zero-order valence-corrected chi connectivity index (χ0v) is 32.4. The zero-order valence-electron chi connectivity index (χ0n) is 32.4. The van der Waals surface area contributed by atoms with Crippen molar-refractivity contribution in [2.75, 3.05) is 24.5 Å². The highest BCUT2D eigenvalue weighted by molar-refractivity contribution is 6.05. The number of piperidine rings is 2. The first-order valence-electron chi connectivity index (χ1n) is 19.6. The van der Waals surface area contributed by atoms with Crippen molar-refractivity contribution in [3.05, 3.63) is 93.5 Å². The van der Waals surface area contributed by atoms with Crippen LogP contribution < -0.4 is 20.3 Å². The van der Waals surface area contributed by atoms with Crippen LogP contribution in [0.5, 0.6) is 5.75 Å². The average molecular weight is 743 g/mol. The number of carbonyl (C=O) groups is 4. The molecule has 0 aromatic heterocycles. The highest BCUT2D eigenvalue weighted by atomic mass is 16.5. The number of ether oxygens (including phenoxy) is 1. The van der Waals surface area contributed by atoms with Crippen molar-refractivity contribution in [1.29, 1.82) is 5.26 Å². The van der Waals surface area contributed by atoms with Gasteiger partial charge in [0.2, 0.25) is 11.8 Å². The highest BCUT2D eigenvalue weighted by Gasteiger charge is 2.64. The van der Waals surface area contributed by atoms with Gasteiger partial charge >= 0.3 is 0 Å².